The predicted molar refractivity (Wildman–Crippen MR) is 144 cm³/mol. The number of aromatic nitrogens is 3. The third kappa shape index (κ3) is 4.86. The third-order valence-corrected chi connectivity index (χ3v) is 5.97. The van der Waals surface area contributed by atoms with Gasteiger partial charge in [0.2, 0.25) is 0 Å². The first-order valence-electron chi connectivity index (χ1n) is 11.2. The van der Waals surface area contributed by atoms with Crippen molar-refractivity contribution >= 4 is 45.8 Å². The van der Waals surface area contributed by atoms with E-state index in [-0.39, 0.29) is 0 Å². The van der Waals surface area contributed by atoms with Crippen molar-refractivity contribution in [3.05, 3.63) is 119 Å². The molecular weight excluding hydrogens is 456 g/mol. The van der Waals surface area contributed by atoms with Crippen molar-refractivity contribution in [1.82, 2.24) is 15.0 Å². The molecule has 0 amide bonds. The zero-order valence-corrected chi connectivity index (χ0v) is 20.1. The van der Waals surface area contributed by atoms with E-state index in [9.17, 15) is 0 Å². The van der Waals surface area contributed by atoms with Crippen molar-refractivity contribution in [2.24, 2.45) is 4.99 Å². The number of allylic oxidation sites excluding steroid dienone is 1. The average Bonchev–Trinajstić information content (AvgIpc) is 3.32. The summed E-state index contributed by atoms with van der Waals surface area (Å²) in [5, 5.41) is 9.63. The SMILES string of the molecule is COc1ccc(/C(=C(\C=Nc2ccc(Cl)cc2)c2ccc(C)cc2)n2nnc3ccccc32)cc1. The molecule has 35 heavy (non-hydrogen) atoms. The summed E-state index contributed by atoms with van der Waals surface area (Å²) in [6, 6.07) is 31.7. The smallest absolute Gasteiger partial charge is 0.118 e. The van der Waals surface area contributed by atoms with Crippen LogP contribution in [0, 0.1) is 6.92 Å². The van der Waals surface area contributed by atoms with E-state index in [1.807, 2.05) is 83.7 Å². The highest BCUT2D eigenvalue weighted by Gasteiger charge is 2.17. The molecule has 172 valence electrons. The van der Waals surface area contributed by atoms with Gasteiger partial charge in [-0.3, -0.25) is 4.99 Å². The van der Waals surface area contributed by atoms with E-state index in [0.717, 1.165) is 44.9 Å². The average molecular weight is 479 g/mol. The summed E-state index contributed by atoms with van der Waals surface area (Å²) >= 11 is 6.07. The van der Waals surface area contributed by atoms with Gasteiger partial charge in [0.15, 0.2) is 0 Å². The van der Waals surface area contributed by atoms with Crippen LogP contribution in [-0.2, 0) is 0 Å². The number of ether oxygens (including phenoxy) is 1. The van der Waals surface area contributed by atoms with Crippen molar-refractivity contribution in [2.75, 3.05) is 7.11 Å². The van der Waals surface area contributed by atoms with Crippen molar-refractivity contribution in [1.29, 1.82) is 0 Å². The molecule has 0 N–H and O–H groups in total. The topological polar surface area (TPSA) is 52.3 Å². The summed E-state index contributed by atoms with van der Waals surface area (Å²) in [5.74, 6) is 0.781. The van der Waals surface area contributed by atoms with Crippen LogP contribution in [0.2, 0.25) is 5.02 Å². The molecular formula is C29H23ClN4O. The first-order chi connectivity index (χ1) is 17.1. The van der Waals surface area contributed by atoms with Crippen LogP contribution in [0.3, 0.4) is 0 Å². The van der Waals surface area contributed by atoms with Crippen LogP contribution >= 0.6 is 11.6 Å². The number of benzene rings is 4. The number of aliphatic imine (C=N–C) groups is 1. The van der Waals surface area contributed by atoms with E-state index < -0.39 is 0 Å². The highest BCUT2D eigenvalue weighted by molar-refractivity contribution is 6.30. The summed E-state index contributed by atoms with van der Waals surface area (Å²) in [6.07, 6.45) is 1.88. The molecule has 0 bridgehead atoms. The number of para-hydroxylation sites is 1. The minimum absolute atomic E-state index is 0.672. The number of rotatable bonds is 6. The summed E-state index contributed by atoms with van der Waals surface area (Å²) < 4.78 is 7.27. The van der Waals surface area contributed by atoms with Crippen LogP contribution in [-0.4, -0.2) is 28.3 Å². The Kier molecular flexibility index (Phi) is 6.42. The van der Waals surface area contributed by atoms with Gasteiger partial charge in [-0.1, -0.05) is 58.8 Å². The molecule has 0 radical (unpaired) electrons. The lowest BCUT2D eigenvalue weighted by Gasteiger charge is -2.15. The molecule has 0 aliphatic carbocycles. The fraction of sp³-hybridized carbons (Fsp3) is 0.0690. The summed E-state index contributed by atoms with van der Waals surface area (Å²) in [4.78, 5) is 4.79. The highest BCUT2D eigenvalue weighted by Crippen LogP contribution is 2.31. The molecule has 1 heterocycles. The van der Waals surface area contributed by atoms with Crippen molar-refractivity contribution in [2.45, 2.75) is 6.92 Å². The zero-order chi connectivity index (χ0) is 24.2. The number of hydrogen-bond acceptors (Lipinski definition) is 4. The van der Waals surface area contributed by atoms with Gasteiger partial charge in [-0.2, -0.15) is 0 Å². The standard InChI is InChI=1S/C29H23ClN4O/c1-20-7-9-21(10-8-20)26(19-31-24-15-13-23(30)14-16-24)29(22-11-17-25(35-2)18-12-22)34-28-6-4-3-5-27(28)32-33-34/h3-19H,1-2H3/b29-26-,31-19?. The number of methoxy groups -OCH3 is 1. The largest absolute Gasteiger partial charge is 0.497 e. The van der Waals surface area contributed by atoms with E-state index in [0.29, 0.717) is 5.02 Å². The summed E-state index contributed by atoms with van der Waals surface area (Å²) in [7, 11) is 1.66. The third-order valence-electron chi connectivity index (χ3n) is 5.71. The molecule has 0 aliphatic rings. The van der Waals surface area contributed by atoms with E-state index in [1.54, 1.807) is 7.11 Å². The second-order valence-corrected chi connectivity index (χ2v) is 8.52. The Morgan fingerprint density at radius 1 is 0.857 bits per heavy atom. The van der Waals surface area contributed by atoms with E-state index in [4.69, 9.17) is 21.3 Å². The maximum Gasteiger partial charge on any atom is 0.118 e. The summed E-state index contributed by atoms with van der Waals surface area (Å²) in [5.41, 5.74) is 7.44. The quantitative estimate of drug-likeness (QED) is 0.191. The molecule has 0 fully saturated rings. The first kappa shape index (κ1) is 22.6. The van der Waals surface area contributed by atoms with Crippen LogP contribution in [0.1, 0.15) is 16.7 Å². The van der Waals surface area contributed by atoms with Gasteiger partial charge >= 0.3 is 0 Å². The Hall–Kier alpha value is -4.22. The Balaban J connectivity index is 1.79. The summed E-state index contributed by atoms with van der Waals surface area (Å²) in [6.45, 7) is 2.07. The minimum Gasteiger partial charge on any atom is -0.497 e. The number of hydrogen-bond donors (Lipinski definition) is 0. The second-order valence-electron chi connectivity index (χ2n) is 8.08. The molecule has 0 atom stereocenters. The molecule has 0 unspecified atom stereocenters. The zero-order valence-electron chi connectivity index (χ0n) is 19.4. The Labute approximate surface area is 209 Å². The van der Waals surface area contributed by atoms with E-state index in [2.05, 4.69) is 41.5 Å². The van der Waals surface area contributed by atoms with Crippen LogP contribution in [0.25, 0.3) is 22.3 Å². The van der Waals surface area contributed by atoms with Gasteiger partial charge in [0.05, 0.1) is 24.0 Å². The molecule has 5 rings (SSSR count). The minimum atomic E-state index is 0.672. The van der Waals surface area contributed by atoms with Crippen LogP contribution in [0.4, 0.5) is 5.69 Å². The molecule has 0 spiro atoms. The molecule has 0 saturated heterocycles. The lowest BCUT2D eigenvalue weighted by atomic mass is 9.99. The van der Waals surface area contributed by atoms with Crippen LogP contribution in [0.15, 0.2) is 102 Å². The molecule has 5 nitrogen and oxygen atoms in total. The Morgan fingerprint density at radius 3 is 2.26 bits per heavy atom. The van der Waals surface area contributed by atoms with Crippen molar-refractivity contribution in [3.63, 3.8) is 0 Å². The van der Waals surface area contributed by atoms with Gasteiger partial charge < -0.3 is 4.74 Å². The fourth-order valence-corrected chi connectivity index (χ4v) is 3.97. The molecule has 6 heteroatoms. The van der Waals surface area contributed by atoms with Crippen molar-refractivity contribution < 1.29 is 4.74 Å². The highest BCUT2D eigenvalue weighted by atomic mass is 35.5. The van der Waals surface area contributed by atoms with E-state index >= 15 is 0 Å². The molecule has 0 saturated carbocycles. The predicted octanol–water partition coefficient (Wildman–Crippen LogP) is 7.22. The lowest BCUT2D eigenvalue weighted by Crippen LogP contribution is -2.06. The maximum atomic E-state index is 6.07. The molecule has 1 aromatic heterocycles. The second kappa shape index (κ2) is 9.95. The molecule has 0 aliphatic heterocycles. The Bertz CT molecular complexity index is 1520. The molecule has 4 aromatic carbocycles. The maximum absolute atomic E-state index is 6.07. The number of fused-ring (bicyclic) bond motifs is 1. The fourth-order valence-electron chi connectivity index (χ4n) is 3.85. The van der Waals surface area contributed by atoms with Gasteiger partial charge in [0.25, 0.3) is 0 Å². The van der Waals surface area contributed by atoms with Crippen LogP contribution in [0.5, 0.6) is 5.75 Å². The number of aryl methyl sites for hydroxylation is 1. The number of nitrogens with zero attached hydrogens (tertiary/aromatic N) is 4. The van der Waals surface area contributed by atoms with Gasteiger partial charge in [0, 0.05) is 22.4 Å². The van der Waals surface area contributed by atoms with E-state index in [1.165, 1.54) is 5.56 Å². The monoisotopic (exact) mass is 478 g/mol. The van der Waals surface area contributed by atoms with Gasteiger partial charge in [-0.25, -0.2) is 4.68 Å². The van der Waals surface area contributed by atoms with Crippen LogP contribution < -0.4 is 4.74 Å². The number of halogens is 1. The molecule has 5 aromatic rings. The van der Waals surface area contributed by atoms with Gasteiger partial charge in [0.1, 0.15) is 11.3 Å². The van der Waals surface area contributed by atoms with Gasteiger partial charge in [-0.15, -0.1) is 5.10 Å². The first-order valence-corrected chi connectivity index (χ1v) is 11.6. The Morgan fingerprint density at radius 2 is 1.54 bits per heavy atom. The van der Waals surface area contributed by atoms with Gasteiger partial charge in [-0.05, 0) is 73.2 Å². The lowest BCUT2D eigenvalue weighted by molar-refractivity contribution is 0.415. The van der Waals surface area contributed by atoms with Crippen molar-refractivity contribution in [3.8, 4) is 5.75 Å². The normalized spacial score (nSPS) is 12.2.